The predicted octanol–water partition coefficient (Wildman–Crippen LogP) is 5.40. The van der Waals surface area contributed by atoms with Crippen molar-refractivity contribution in [2.75, 3.05) is 42.1 Å². The molecule has 0 bridgehead atoms. The van der Waals surface area contributed by atoms with E-state index in [0.717, 1.165) is 16.7 Å². The lowest BCUT2D eigenvalue weighted by atomic mass is 10.0. The van der Waals surface area contributed by atoms with Crippen molar-refractivity contribution >= 4 is 11.8 Å². The van der Waals surface area contributed by atoms with Crippen LogP contribution >= 0.6 is 0 Å². The van der Waals surface area contributed by atoms with Crippen molar-refractivity contribution in [2.24, 2.45) is 0 Å². The molecular weight excluding hydrogens is 572 g/mol. The minimum absolute atomic E-state index is 0.0543. The minimum Gasteiger partial charge on any atom is -0.497 e. The Balaban J connectivity index is 1.63. The Morgan fingerprint density at radius 2 is 1.20 bits per heavy atom. The molecule has 2 amide bonds. The number of benzene rings is 4. The van der Waals surface area contributed by atoms with Gasteiger partial charge in [0.1, 0.15) is 11.8 Å². The molecule has 0 fully saturated rings. The highest BCUT2D eigenvalue weighted by Gasteiger charge is 2.31. The quantitative estimate of drug-likeness (QED) is 0.192. The van der Waals surface area contributed by atoms with Gasteiger partial charge >= 0.3 is 0 Å². The topological polar surface area (TPSA) is 95.6 Å². The van der Waals surface area contributed by atoms with Crippen molar-refractivity contribution in [3.05, 3.63) is 113 Å². The second-order valence-corrected chi connectivity index (χ2v) is 10.3. The third-order valence-electron chi connectivity index (χ3n) is 7.47. The van der Waals surface area contributed by atoms with Crippen LogP contribution in [0.3, 0.4) is 0 Å². The van der Waals surface area contributed by atoms with Gasteiger partial charge in [-0.3, -0.25) is 9.59 Å². The predicted molar refractivity (Wildman–Crippen MR) is 172 cm³/mol. The fraction of sp³-hybridized carbons (Fsp3) is 0.278. The van der Waals surface area contributed by atoms with Gasteiger partial charge in [-0.25, -0.2) is 0 Å². The maximum absolute atomic E-state index is 14.2. The number of nitrogens with zero attached hydrogens (tertiary/aromatic N) is 1. The average Bonchev–Trinajstić information content (AvgIpc) is 3.08. The van der Waals surface area contributed by atoms with Crippen molar-refractivity contribution in [1.29, 1.82) is 0 Å². The molecule has 0 aromatic heterocycles. The van der Waals surface area contributed by atoms with Crippen molar-refractivity contribution in [3.63, 3.8) is 0 Å². The molecule has 1 atom stereocenters. The molecule has 4 aromatic carbocycles. The van der Waals surface area contributed by atoms with E-state index in [1.54, 1.807) is 52.6 Å². The zero-order chi connectivity index (χ0) is 32.2. The lowest BCUT2D eigenvalue weighted by molar-refractivity contribution is -0.141. The maximum Gasteiger partial charge on any atom is 0.247 e. The van der Waals surface area contributed by atoms with Crippen molar-refractivity contribution in [2.45, 2.75) is 25.4 Å². The third-order valence-corrected chi connectivity index (χ3v) is 7.47. The van der Waals surface area contributed by atoms with Crippen LogP contribution in [0.2, 0.25) is 0 Å². The number of amides is 2. The molecule has 0 unspecified atom stereocenters. The summed E-state index contributed by atoms with van der Waals surface area (Å²) in [7, 11) is 7.90. The van der Waals surface area contributed by atoms with E-state index >= 15 is 0 Å². The lowest BCUT2D eigenvalue weighted by Gasteiger charge is -2.32. The molecule has 0 aliphatic carbocycles. The van der Waals surface area contributed by atoms with E-state index in [1.165, 1.54) is 0 Å². The van der Waals surface area contributed by atoms with Gasteiger partial charge in [0, 0.05) is 13.1 Å². The Morgan fingerprint density at radius 1 is 0.644 bits per heavy atom. The van der Waals surface area contributed by atoms with Gasteiger partial charge in [0.25, 0.3) is 0 Å². The summed E-state index contributed by atoms with van der Waals surface area (Å²) < 4.78 is 26.9. The van der Waals surface area contributed by atoms with Crippen LogP contribution in [0.1, 0.15) is 28.3 Å². The van der Waals surface area contributed by atoms with Crippen LogP contribution in [0.25, 0.3) is 0 Å². The van der Waals surface area contributed by atoms with Gasteiger partial charge in [-0.15, -0.1) is 0 Å². The maximum atomic E-state index is 14.2. The van der Waals surface area contributed by atoms with E-state index in [-0.39, 0.29) is 24.8 Å². The molecule has 0 saturated carbocycles. The zero-order valence-corrected chi connectivity index (χ0v) is 26.4. The molecule has 0 saturated heterocycles. The Morgan fingerprint density at radius 3 is 1.78 bits per heavy atom. The number of rotatable bonds is 15. The molecule has 0 radical (unpaired) electrons. The second kappa shape index (κ2) is 16.0. The molecule has 236 valence electrons. The molecule has 0 aliphatic rings. The van der Waals surface area contributed by atoms with E-state index < -0.39 is 6.04 Å². The van der Waals surface area contributed by atoms with Crippen LogP contribution in [0.5, 0.6) is 28.7 Å². The van der Waals surface area contributed by atoms with E-state index in [4.69, 9.17) is 23.7 Å². The van der Waals surface area contributed by atoms with Crippen LogP contribution in [-0.4, -0.2) is 58.8 Å². The van der Waals surface area contributed by atoms with Crippen LogP contribution in [0, 0.1) is 0 Å². The first-order chi connectivity index (χ1) is 21.9. The first kappa shape index (κ1) is 32.7. The summed E-state index contributed by atoms with van der Waals surface area (Å²) in [5, 5.41) is 3.07. The minimum atomic E-state index is -0.883. The summed E-state index contributed by atoms with van der Waals surface area (Å²) >= 11 is 0. The van der Waals surface area contributed by atoms with Gasteiger partial charge in [0.2, 0.25) is 11.8 Å². The van der Waals surface area contributed by atoms with Crippen LogP contribution in [-0.2, 0) is 29.0 Å². The standard InChI is InChI=1S/C36H40N2O7/c1-41-29-15-11-26(12-16-29)24-38(34(39)23-27-14-18-31(43-3)33(22-27)45-5)35(28-9-7-6-8-10-28)36(40)37-20-19-25-13-17-30(42-2)32(21-25)44-4/h6-18,21-22,35H,19-20,23-24H2,1-5H3,(H,37,40)/t35-/m1/s1. The van der Waals surface area contributed by atoms with Gasteiger partial charge in [0.15, 0.2) is 23.0 Å². The SMILES string of the molecule is COc1ccc(CN(C(=O)Cc2ccc(OC)c(OC)c2)[C@@H](C(=O)NCCc2ccc(OC)c(OC)c2)c2ccccc2)cc1. The smallest absolute Gasteiger partial charge is 0.247 e. The summed E-state index contributed by atoms with van der Waals surface area (Å²) in [5.41, 5.74) is 3.27. The molecule has 0 aliphatic heterocycles. The Hall–Kier alpha value is -5.18. The average molecular weight is 613 g/mol. The Kier molecular flexibility index (Phi) is 11.7. The number of carbonyl (C=O) groups excluding carboxylic acids is 2. The molecule has 0 spiro atoms. The van der Waals surface area contributed by atoms with Gasteiger partial charge in [0.05, 0.1) is 42.0 Å². The van der Waals surface area contributed by atoms with Crippen molar-refractivity contribution in [1.82, 2.24) is 10.2 Å². The Bertz CT molecular complexity index is 1560. The Labute approximate surface area is 264 Å². The monoisotopic (exact) mass is 612 g/mol. The van der Waals surface area contributed by atoms with E-state index in [2.05, 4.69) is 5.32 Å². The van der Waals surface area contributed by atoms with Crippen LogP contribution in [0.4, 0.5) is 0 Å². The summed E-state index contributed by atoms with van der Waals surface area (Å²) in [5.74, 6) is 2.55. The highest BCUT2D eigenvalue weighted by atomic mass is 16.5. The fourth-order valence-electron chi connectivity index (χ4n) is 5.09. The number of hydrogen-bond acceptors (Lipinski definition) is 7. The highest BCUT2D eigenvalue weighted by Crippen LogP contribution is 2.30. The molecule has 4 aromatic rings. The third kappa shape index (κ3) is 8.47. The molecule has 9 nitrogen and oxygen atoms in total. The summed E-state index contributed by atoms with van der Waals surface area (Å²) in [6.45, 7) is 0.566. The molecule has 9 heteroatoms. The van der Waals surface area contributed by atoms with Crippen LogP contribution in [0.15, 0.2) is 91.0 Å². The van der Waals surface area contributed by atoms with Gasteiger partial charge in [-0.05, 0) is 65.1 Å². The summed E-state index contributed by atoms with van der Waals surface area (Å²) in [6, 6.07) is 27.0. The molecule has 45 heavy (non-hydrogen) atoms. The second-order valence-electron chi connectivity index (χ2n) is 10.3. The zero-order valence-electron chi connectivity index (χ0n) is 26.4. The number of hydrogen-bond donors (Lipinski definition) is 1. The lowest BCUT2D eigenvalue weighted by Crippen LogP contribution is -2.44. The highest BCUT2D eigenvalue weighted by molar-refractivity contribution is 5.89. The largest absolute Gasteiger partial charge is 0.497 e. The number of carbonyl (C=O) groups is 2. The molecular formula is C36H40N2O7. The first-order valence-corrected chi connectivity index (χ1v) is 14.6. The normalized spacial score (nSPS) is 11.2. The van der Waals surface area contributed by atoms with E-state index in [0.29, 0.717) is 47.3 Å². The summed E-state index contributed by atoms with van der Waals surface area (Å²) in [4.78, 5) is 29.8. The molecule has 4 rings (SSSR count). The number of nitrogens with one attached hydrogen (secondary N) is 1. The molecule has 1 N–H and O–H groups in total. The number of methoxy groups -OCH3 is 5. The van der Waals surface area contributed by atoms with Gasteiger partial charge in [-0.2, -0.15) is 0 Å². The van der Waals surface area contributed by atoms with E-state index in [1.807, 2.05) is 78.9 Å². The molecule has 0 heterocycles. The fourth-order valence-corrected chi connectivity index (χ4v) is 5.09. The van der Waals surface area contributed by atoms with Gasteiger partial charge in [-0.1, -0.05) is 54.6 Å². The van der Waals surface area contributed by atoms with Gasteiger partial charge < -0.3 is 33.9 Å². The first-order valence-electron chi connectivity index (χ1n) is 14.6. The van der Waals surface area contributed by atoms with Crippen molar-refractivity contribution < 1.29 is 33.3 Å². The van der Waals surface area contributed by atoms with Crippen LogP contribution < -0.4 is 29.0 Å². The summed E-state index contributed by atoms with van der Waals surface area (Å²) in [6.07, 6.45) is 0.616. The number of ether oxygens (including phenoxy) is 5. The van der Waals surface area contributed by atoms with E-state index in [9.17, 15) is 9.59 Å². The van der Waals surface area contributed by atoms with Crippen molar-refractivity contribution in [3.8, 4) is 28.7 Å².